The van der Waals surface area contributed by atoms with Crippen LogP contribution in [0.15, 0.2) is 66.9 Å². The van der Waals surface area contributed by atoms with Crippen molar-refractivity contribution in [3.8, 4) is 11.4 Å². The van der Waals surface area contributed by atoms with Crippen molar-refractivity contribution < 1.29 is 4.79 Å². The summed E-state index contributed by atoms with van der Waals surface area (Å²) in [5, 5.41) is 3.19. The van der Waals surface area contributed by atoms with E-state index in [4.69, 9.17) is 5.84 Å². The third kappa shape index (κ3) is 3.56. The molecule has 6 nitrogen and oxygen atoms in total. The van der Waals surface area contributed by atoms with Crippen LogP contribution >= 0.6 is 0 Å². The first-order chi connectivity index (χ1) is 11.8. The Labute approximate surface area is 139 Å². The van der Waals surface area contributed by atoms with Crippen LogP contribution in [-0.4, -0.2) is 15.9 Å². The van der Waals surface area contributed by atoms with E-state index in [1.807, 2.05) is 60.7 Å². The van der Waals surface area contributed by atoms with Crippen molar-refractivity contribution in [1.29, 1.82) is 0 Å². The molecule has 1 aromatic heterocycles. The Bertz CT molecular complexity index is 821. The Hall–Kier alpha value is -3.25. The molecule has 2 aromatic carbocycles. The van der Waals surface area contributed by atoms with E-state index in [9.17, 15) is 4.79 Å². The van der Waals surface area contributed by atoms with Crippen LogP contribution in [0.1, 0.15) is 15.9 Å². The number of aromatic nitrogens is 2. The fourth-order valence-corrected chi connectivity index (χ4v) is 2.27. The zero-order valence-corrected chi connectivity index (χ0v) is 12.9. The summed E-state index contributed by atoms with van der Waals surface area (Å²) in [6.45, 7) is 0.539. The van der Waals surface area contributed by atoms with E-state index in [0.29, 0.717) is 23.8 Å². The molecule has 0 aliphatic carbocycles. The lowest BCUT2D eigenvalue weighted by molar-refractivity contribution is 0.0954. The number of carbonyl (C=O) groups excluding carboxylic acids is 1. The van der Waals surface area contributed by atoms with Crippen molar-refractivity contribution in [2.45, 2.75) is 6.54 Å². The van der Waals surface area contributed by atoms with Crippen LogP contribution in [-0.2, 0) is 6.54 Å². The van der Waals surface area contributed by atoms with Gasteiger partial charge in [0.25, 0.3) is 5.91 Å². The topological polar surface area (TPSA) is 92.9 Å². The SMILES string of the molecule is NNC(=O)c1cnc(-c2ccccc2)nc1NCc1ccccc1. The van der Waals surface area contributed by atoms with Gasteiger partial charge >= 0.3 is 0 Å². The van der Waals surface area contributed by atoms with Crippen LogP contribution in [0.4, 0.5) is 5.82 Å². The summed E-state index contributed by atoms with van der Waals surface area (Å²) in [5.41, 5.74) is 4.37. The van der Waals surface area contributed by atoms with Gasteiger partial charge in [-0.15, -0.1) is 0 Å². The smallest absolute Gasteiger partial charge is 0.270 e. The van der Waals surface area contributed by atoms with E-state index in [1.165, 1.54) is 6.20 Å². The van der Waals surface area contributed by atoms with Crippen molar-refractivity contribution >= 4 is 11.7 Å². The highest BCUT2D eigenvalue weighted by Crippen LogP contribution is 2.19. The van der Waals surface area contributed by atoms with Crippen LogP contribution in [0.25, 0.3) is 11.4 Å². The average molecular weight is 319 g/mol. The zero-order chi connectivity index (χ0) is 16.8. The minimum Gasteiger partial charge on any atom is -0.365 e. The maximum atomic E-state index is 11.9. The number of nitrogens with one attached hydrogen (secondary N) is 2. The summed E-state index contributed by atoms with van der Waals surface area (Å²) < 4.78 is 0. The molecule has 0 aliphatic rings. The molecule has 0 fully saturated rings. The molecule has 6 heteroatoms. The average Bonchev–Trinajstić information content (AvgIpc) is 2.67. The van der Waals surface area contributed by atoms with Gasteiger partial charge in [0.15, 0.2) is 5.82 Å². The predicted molar refractivity (Wildman–Crippen MR) is 92.9 cm³/mol. The zero-order valence-electron chi connectivity index (χ0n) is 12.9. The number of nitrogen functional groups attached to an aromatic ring is 1. The number of hydrogen-bond acceptors (Lipinski definition) is 5. The Kier molecular flexibility index (Phi) is 4.78. The molecule has 0 aliphatic heterocycles. The van der Waals surface area contributed by atoms with Crippen LogP contribution in [0.3, 0.4) is 0 Å². The van der Waals surface area contributed by atoms with Crippen LogP contribution < -0.4 is 16.6 Å². The van der Waals surface area contributed by atoms with Crippen LogP contribution in [0.2, 0.25) is 0 Å². The molecule has 0 saturated heterocycles. The van der Waals surface area contributed by atoms with Crippen molar-refractivity contribution in [3.63, 3.8) is 0 Å². The summed E-state index contributed by atoms with van der Waals surface area (Å²) in [5.74, 6) is 5.79. The number of rotatable bonds is 5. The maximum absolute atomic E-state index is 11.9. The molecule has 120 valence electrons. The molecule has 0 bridgehead atoms. The van der Waals surface area contributed by atoms with Gasteiger partial charge in [-0.2, -0.15) is 0 Å². The second-order valence-corrected chi connectivity index (χ2v) is 5.13. The van der Waals surface area contributed by atoms with Crippen molar-refractivity contribution in [2.75, 3.05) is 5.32 Å². The van der Waals surface area contributed by atoms with E-state index in [0.717, 1.165) is 11.1 Å². The lowest BCUT2D eigenvalue weighted by Gasteiger charge is -2.11. The molecule has 0 saturated carbocycles. The van der Waals surface area contributed by atoms with Crippen molar-refractivity contribution in [3.05, 3.63) is 78.0 Å². The van der Waals surface area contributed by atoms with Gasteiger partial charge in [0.05, 0.1) is 0 Å². The molecule has 3 aromatic rings. The van der Waals surface area contributed by atoms with Gasteiger partial charge in [-0.25, -0.2) is 15.8 Å². The highest BCUT2D eigenvalue weighted by Gasteiger charge is 2.14. The second kappa shape index (κ2) is 7.34. The van der Waals surface area contributed by atoms with Crippen LogP contribution in [0, 0.1) is 0 Å². The summed E-state index contributed by atoms with van der Waals surface area (Å²) in [6, 6.07) is 19.4. The summed E-state index contributed by atoms with van der Waals surface area (Å²) in [4.78, 5) is 20.7. The molecule has 3 rings (SSSR count). The number of amides is 1. The van der Waals surface area contributed by atoms with Crippen molar-refractivity contribution in [1.82, 2.24) is 15.4 Å². The van der Waals surface area contributed by atoms with Crippen LogP contribution in [0.5, 0.6) is 0 Å². The molecule has 0 unspecified atom stereocenters. The molecule has 1 amide bonds. The highest BCUT2D eigenvalue weighted by molar-refractivity contribution is 5.98. The Morgan fingerprint density at radius 2 is 1.67 bits per heavy atom. The predicted octanol–water partition coefficient (Wildman–Crippen LogP) is 2.36. The number of hydrazine groups is 1. The minimum atomic E-state index is -0.440. The van der Waals surface area contributed by atoms with Gasteiger partial charge in [-0.05, 0) is 5.56 Å². The Morgan fingerprint density at radius 1 is 1.00 bits per heavy atom. The molecular formula is C18H17N5O. The third-order valence-electron chi connectivity index (χ3n) is 3.50. The molecule has 0 radical (unpaired) electrons. The number of nitrogens with two attached hydrogens (primary N) is 1. The summed E-state index contributed by atoms with van der Waals surface area (Å²) >= 11 is 0. The number of nitrogens with zero attached hydrogens (tertiary/aromatic N) is 2. The lowest BCUT2D eigenvalue weighted by Crippen LogP contribution is -2.31. The number of benzene rings is 2. The molecule has 1 heterocycles. The maximum Gasteiger partial charge on any atom is 0.270 e. The van der Waals surface area contributed by atoms with E-state index in [2.05, 4.69) is 20.7 Å². The normalized spacial score (nSPS) is 10.2. The largest absolute Gasteiger partial charge is 0.365 e. The Morgan fingerprint density at radius 3 is 2.33 bits per heavy atom. The molecular weight excluding hydrogens is 302 g/mol. The highest BCUT2D eigenvalue weighted by atomic mass is 16.2. The minimum absolute atomic E-state index is 0.299. The fraction of sp³-hybridized carbons (Fsp3) is 0.0556. The molecule has 4 N–H and O–H groups in total. The van der Waals surface area contributed by atoms with Crippen molar-refractivity contribution in [2.24, 2.45) is 5.84 Å². The summed E-state index contributed by atoms with van der Waals surface area (Å²) in [7, 11) is 0. The van der Waals surface area contributed by atoms with E-state index >= 15 is 0 Å². The first-order valence-electron chi connectivity index (χ1n) is 7.49. The van der Waals surface area contributed by atoms with E-state index < -0.39 is 5.91 Å². The van der Waals surface area contributed by atoms with E-state index in [-0.39, 0.29) is 0 Å². The Balaban J connectivity index is 1.92. The number of hydrogen-bond donors (Lipinski definition) is 3. The molecule has 24 heavy (non-hydrogen) atoms. The van der Waals surface area contributed by atoms with Gasteiger partial charge in [0.2, 0.25) is 0 Å². The molecule has 0 spiro atoms. The standard InChI is InChI=1S/C18H17N5O/c19-23-18(24)15-12-21-16(14-9-5-2-6-10-14)22-17(15)20-11-13-7-3-1-4-8-13/h1-10,12H,11,19H2,(H,23,24)(H,20,21,22). The number of carbonyl (C=O) groups is 1. The number of anilines is 1. The third-order valence-corrected chi connectivity index (χ3v) is 3.50. The first kappa shape index (κ1) is 15.6. The molecule has 0 atom stereocenters. The summed E-state index contributed by atoms with van der Waals surface area (Å²) in [6.07, 6.45) is 1.48. The van der Waals surface area contributed by atoms with Gasteiger partial charge in [0, 0.05) is 18.3 Å². The first-order valence-corrected chi connectivity index (χ1v) is 7.49. The quantitative estimate of drug-likeness (QED) is 0.381. The van der Waals surface area contributed by atoms with E-state index in [1.54, 1.807) is 0 Å². The lowest BCUT2D eigenvalue weighted by atomic mass is 10.2. The second-order valence-electron chi connectivity index (χ2n) is 5.13. The van der Waals surface area contributed by atoms with Gasteiger partial charge in [-0.1, -0.05) is 60.7 Å². The monoisotopic (exact) mass is 319 g/mol. The van der Waals surface area contributed by atoms with Gasteiger partial charge in [-0.3, -0.25) is 10.2 Å². The van der Waals surface area contributed by atoms with Gasteiger partial charge in [0.1, 0.15) is 11.4 Å². The fourth-order valence-electron chi connectivity index (χ4n) is 2.27. The van der Waals surface area contributed by atoms with Gasteiger partial charge < -0.3 is 5.32 Å².